The monoisotopic (exact) mass is 200 g/mol. The van der Waals surface area contributed by atoms with Gasteiger partial charge in [0.05, 0.1) is 0 Å². The third kappa shape index (κ3) is 2.13. The lowest BCUT2D eigenvalue weighted by molar-refractivity contribution is 0.111. The second-order valence-electron chi connectivity index (χ2n) is 3.47. The van der Waals surface area contributed by atoms with Crippen molar-refractivity contribution in [2.75, 3.05) is 0 Å². The normalized spacial score (nSPS) is 10.2. The minimum absolute atomic E-state index is 0.501. The van der Waals surface area contributed by atoms with Crippen molar-refractivity contribution in [3.05, 3.63) is 53.1 Å². The predicted molar refractivity (Wildman–Crippen MR) is 58.0 cm³/mol. The smallest absolute Gasteiger partial charge is 0.170 e. The van der Waals surface area contributed by atoms with Crippen LogP contribution in [-0.4, -0.2) is 16.3 Å². The summed E-state index contributed by atoms with van der Waals surface area (Å²) in [5.74, 6) is 0.834. The molecule has 3 nitrogen and oxygen atoms in total. The summed E-state index contributed by atoms with van der Waals surface area (Å²) in [6, 6.07) is 10.0. The number of hydrogen-bond donors (Lipinski definition) is 1. The van der Waals surface area contributed by atoms with Gasteiger partial charge in [-0.15, -0.1) is 0 Å². The van der Waals surface area contributed by atoms with E-state index in [1.165, 1.54) is 5.56 Å². The molecule has 0 unspecified atom stereocenters. The zero-order valence-electron chi connectivity index (χ0n) is 8.53. The standard InChI is InChI=1S/C12H12N2O/c1-9-11(8-15)14-12(13-9)7-10-5-3-2-4-6-10/h2-6,8H,7H2,1H3,(H,13,14). The highest BCUT2D eigenvalue weighted by Gasteiger charge is 2.05. The number of nitrogens with zero attached hydrogens (tertiary/aromatic N) is 1. The molecule has 0 bridgehead atoms. The minimum atomic E-state index is 0.501. The molecule has 0 amide bonds. The Bertz CT molecular complexity index is 460. The second-order valence-corrected chi connectivity index (χ2v) is 3.47. The van der Waals surface area contributed by atoms with Gasteiger partial charge in [0.25, 0.3) is 0 Å². The number of hydrogen-bond acceptors (Lipinski definition) is 2. The Balaban J connectivity index is 2.21. The van der Waals surface area contributed by atoms with E-state index in [-0.39, 0.29) is 0 Å². The second kappa shape index (κ2) is 4.09. The fraction of sp³-hybridized carbons (Fsp3) is 0.167. The first-order valence-corrected chi connectivity index (χ1v) is 4.84. The average Bonchev–Trinajstić information content (AvgIpc) is 2.60. The van der Waals surface area contributed by atoms with Gasteiger partial charge in [-0.3, -0.25) is 4.79 Å². The third-order valence-electron chi connectivity index (χ3n) is 2.30. The molecule has 0 saturated heterocycles. The van der Waals surface area contributed by atoms with Gasteiger partial charge in [0, 0.05) is 12.1 Å². The topological polar surface area (TPSA) is 45.8 Å². The number of aromatic amines is 1. The van der Waals surface area contributed by atoms with Crippen LogP contribution in [0.1, 0.15) is 27.6 Å². The summed E-state index contributed by atoms with van der Waals surface area (Å²) in [5, 5.41) is 0. The van der Waals surface area contributed by atoms with Crippen LogP contribution in [0.2, 0.25) is 0 Å². The van der Waals surface area contributed by atoms with Crippen molar-refractivity contribution in [1.29, 1.82) is 0 Å². The Labute approximate surface area is 88.2 Å². The van der Waals surface area contributed by atoms with Crippen LogP contribution in [0, 0.1) is 6.92 Å². The van der Waals surface area contributed by atoms with Gasteiger partial charge in [-0.25, -0.2) is 4.98 Å². The molecule has 2 aromatic rings. The summed E-state index contributed by atoms with van der Waals surface area (Å²) in [5.41, 5.74) is 2.51. The van der Waals surface area contributed by atoms with E-state index in [1.54, 1.807) is 0 Å². The molecule has 0 aliphatic rings. The van der Waals surface area contributed by atoms with Crippen LogP contribution in [0.4, 0.5) is 0 Å². The summed E-state index contributed by atoms with van der Waals surface area (Å²) in [6.45, 7) is 1.85. The van der Waals surface area contributed by atoms with Crippen LogP contribution in [0.25, 0.3) is 0 Å². The van der Waals surface area contributed by atoms with Crippen LogP contribution in [0.5, 0.6) is 0 Å². The summed E-state index contributed by atoms with van der Waals surface area (Å²) in [4.78, 5) is 17.9. The first-order chi connectivity index (χ1) is 7.29. The molecule has 15 heavy (non-hydrogen) atoms. The van der Waals surface area contributed by atoms with Gasteiger partial charge in [-0.1, -0.05) is 30.3 Å². The molecule has 1 heterocycles. The lowest BCUT2D eigenvalue weighted by atomic mass is 10.1. The average molecular weight is 200 g/mol. The van der Waals surface area contributed by atoms with Gasteiger partial charge in [-0.2, -0.15) is 0 Å². The number of benzene rings is 1. The van der Waals surface area contributed by atoms with Gasteiger partial charge in [0.15, 0.2) is 6.29 Å². The maximum absolute atomic E-state index is 10.6. The van der Waals surface area contributed by atoms with Gasteiger partial charge in [-0.05, 0) is 12.5 Å². The number of carbonyl (C=O) groups excluding carboxylic acids is 1. The minimum Gasteiger partial charge on any atom is -0.345 e. The van der Waals surface area contributed by atoms with E-state index in [9.17, 15) is 4.79 Å². The van der Waals surface area contributed by atoms with Gasteiger partial charge in [0.1, 0.15) is 11.5 Å². The quantitative estimate of drug-likeness (QED) is 0.771. The van der Waals surface area contributed by atoms with Crippen LogP contribution >= 0.6 is 0 Å². The zero-order chi connectivity index (χ0) is 10.7. The Morgan fingerprint density at radius 1 is 1.33 bits per heavy atom. The van der Waals surface area contributed by atoms with Crippen LogP contribution < -0.4 is 0 Å². The molecule has 0 radical (unpaired) electrons. The Hall–Kier alpha value is -1.90. The number of nitrogens with one attached hydrogen (secondary N) is 1. The molecule has 0 saturated carbocycles. The largest absolute Gasteiger partial charge is 0.345 e. The van der Waals surface area contributed by atoms with Crippen molar-refractivity contribution in [3.63, 3.8) is 0 Å². The Morgan fingerprint density at radius 3 is 2.67 bits per heavy atom. The summed E-state index contributed by atoms with van der Waals surface area (Å²) < 4.78 is 0. The molecule has 0 fully saturated rings. The molecular weight excluding hydrogens is 188 g/mol. The Kier molecular flexibility index (Phi) is 2.63. The molecule has 3 heteroatoms. The molecule has 0 spiro atoms. The lowest BCUT2D eigenvalue weighted by Crippen LogP contribution is -1.90. The van der Waals surface area contributed by atoms with Gasteiger partial charge in [0.2, 0.25) is 0 Å². The highest BCUT2D eigenvalue weighted by atomic mass is 16.1. The number of aromatic nitrogens is 2. The van der Waals surface area contributed by atoms with E-state index in [1.807, 2.05) is 37.3 Å². The number of H-pyrrole nitrogens is 1. The fourth-order valence-electron chi connectivity index (χ4n) is 1.53. The first kappa shape index (κ1) is 9.65. The van der Waals surface area contributed by atoms with Crippen molar-refractivity contribution < 1.29 is 4.79 Å². The maximum atomic E-state index is 10.6. The molecule has 0 atom stereocenters. The molecule has 1 aromatic heterocycles. The Morgan fingerprint density at radius 2 is 2.07 bits per heavy atom. The van der Waals surface area contributed by atoms with E-state index < -0.39 is 0 Å². The fourth-order valence-corrected chi connectivity index (χ4v) is 1.53. The summed E-state index contributed by atoms with van der Waals surface area (Å²) in [6.07, 6.45) is 1.51. The van der Waals surface area contributed by atoms with Crippen molar-refractivity contribution in [2.45, 2.75) is 13.3 Å². The third-order valence-corrected chi connectivity index (χ3v) is 2.30. The van der Waals surface area contributed by atoms with Gasteiger partial charge >= 0.3 is 0 Å². The lowest BCUT2D eigenvalue weighted by Gasteiger charge is -1.96. The van der Waals surface area contributed by atoms with E-state index >= 15 is 0 Å². The van der Waals surface area contributed by atoms with Crippen molar-refractivity contribution in [1.82, 2.24) is 9.97 Å². The van der Waals surface area contributed by atoms with E-state index in [4.69, 9.17) is 0 Å². The van der Waals surface area contributed by atoms with Crippen molar-refractivity contribution in [2.24, 2.45) is 0 Å². The SMILES string of the molecule is Cc1[nH]c(Cc2ccccc2)nc1C=O. The van der Waals surface area contributed by atoms with Crippen molar-refractivity contribution in [3.8, 4) is 0 Å². The maximum Gasteiger partial charge on any atom is 0.170 e. The van der Waals surface area contributed by atoms with Crippen LogP contribution in [0.15, 0.2) is 30.3 Å². The highest BCUT2D eigenvalue weighted by Crippen LogP contribution is 2.08. The van der Waals surface area contributed by atoms with Crippen LogP contribution in [-0.2, 0) is 6.42 Å². The van der Waals surface area contributed by atoms with Crippen molar-refractivity contribution >= 4 is 6.29 Å². The van der Waals surface area contributed by atoms with Gasteiger partial charge < -0.3 is 4.98 Å². The highest BCUT2D eigenvalue weighted by molar-refractivity contribution is 5.73. The van der Waals surface area contributed by atoms with E-state index in [0.717, 1.165) is 24.2 Å². The molecule has 1 aromatic carbocycles. The molecular formula is C12H12N2O. The molecule has 76 valence electrons. The molecule has 2 rings (SSSR count). The molecule has 1 N–H and O–H groups in total. The van der Waals surface area contributed by atoms with E-state index in [0.29, 0.717) is 5.69 Å². The number of aryl methyl sites for hydroxylation is 1. The summed E-state index contributed by atoms with van der Waals surface area (Å²) in [7, 11) is 0. The number of carbonyl (C=O) groups is 1. The number of rotatable bonds is 3. The number of aldehydes is 1. The summed E-state index contributed by atoms with van der Waals surface area (Å²) >= 11 is 0. The zero-order valence-corrected chi connectivity index (χ0v) is 8.53. The van der Waals surface area contributed by atoms with E-state index in [2.05, 4.69) is 9.97 Å². The molecule has 0 aliphatic carbocycles. The molecule has 0 aliphatic heterocycles. The first-order valence-electron chi connectivity index (χ1n) is 4.84. The predicted octanol–water partition coefficient (Wildman–Crippen LogP) is 2.12. The van der Waals surface area contributed by atoms with Crippen LogP contribution in [0.3, 0.4) is 0 Å². The number of imidazole rings is 1.